The molecule has 180 valence electrons. The Morgan fingerprint density at radius 2 is 0.895 bits per heavy atom. The van der Waals surface area contributed by atoms with Gasteiger partial charge in [-0.1, -0.05) is 83.7 Å². The van der Waals surface area contributed by atoms with E-state index in [9.17, 15) is 30.6 Å². The molecule has 0 fully saturated rings. The Bertz CT molecular complexity index is 1870. The summed E-state index contributed by atoms with van der Waals surface area (Å²) in [5.74, 6) is -4.25. The zero-order valence-electron chi connectivity index (χ0n) is 19.8. The van der Waals surface area contributed by atoms with Gasteiger partial charge in [-0.3, -0.25) is 0 Å². The molecule has 6 aromatic rings. The van der Waals surface area contributed by atoms with Gasteiger partial charge in [0.25, 0.3) is 0 Å². The van der Waals surface area contributed by atoms with Gasteiger partial charge in [0.1, 0.15) is 27.2 Å². The average Bonchev–Trinajstić information content (AvgIpc) is 2.95. The summed E-state index contributed by atoms with van der Waals surface area (Å²) >= 11 is 0. The highest BCUT2D eigenvalue weighted by Gasteiger charge is 2.30. The van der Waals surface area contributed by atoms with Crippen LogP contribution >= 0.6 is 0 Å². The van der Waals surface area contributed by atoms with Gasteiger partial charge in [-0.15, -0.1) is 0 Å². The van der Waals surface area contributed by atoms with Gasteiger partial charge < -0.3 is 30.6 Å². The highest BCUT2D eigenvalue weighted by Crippen LogP contribution is 2.58. The van der Waals surface area contributed by atoms with Gasteiger partial charge >= 0.3 is 0 Å². The Labute approximate surface area is 219 Å². The maximum absolute atomic E-state index is 11.4. The summed E-state index contributed by atoms with van der Waals surface area (Å²) in [5, 5.41) is 67.9. The van der Waals surface area contributed by atoms with Crippen molar-refractivity contribution in [2.75, 3.05) is 0 Å². The molecule has 8 heteroatoms. The van der Waals surface area contributed by atoms with Gasteiger partial charge in [0, 0.05) is 32.7 Å². The second-order valence-corrected chi connectivity index (χ2v) is 9.06. The molecule has 6 aromatic carbocycles. The minimum Gasteiger partial charge on any atom is -0.508 e. The first-order valence-electron chi connectivity index (χ1n) is 11.7. The normalized spacial score (nSPS) is 11.5. The van der Waals surface area contributed by atoms with E-state index in [4.69, 9.17) is 15.7 Å². The molecule has 0 saturated carbocycles. The van der Waals surface area contributed by atoms with E-state index < -0.39 is 34.5 Å². The van der Waals surface area contributed by atoms with E-state index in [1.807, 2.05) is 30.3 Å². The van der Waals surface area contributed by atoms with Crippen LogP contribution in [0, 0.1) is 0 Å². The number of phenolic OH excluding ortho intramolecular Hbond substituents is 6. The van der Waals surface area contributed by atoms with Gasteiger partial charge in [0.2, 0.25) is 11.5 Å². The fourth-order valence-corrected chi connectivity index (χ4v) is 5.29. The van der Waals surface area contributed by atoms with E-state index in [1.165, 1.54) is 0 Å². The van der Waals surface area contributed by atoms with Gasteiger partial charge in [-0.2, -0.15) is 0 Å². The summed E-state index contributed by atoms with van der Waals surface area (Å²) in [4.78, 5) is 0. The van der Waals surface area contributed by atoms with Crippen molar-refractivity contribution in [3.63, 3.8) is 0 Å². The van der Waals surface area contributed by atoms with E-state index in [0.717, 1.165) is 5.39 Å². The number of hydrogen-bond donors (Lipinski definition) is 6. The topological polar surface area (TPSA) is 121 Å². The molecule has 0 aliphatic carbocycles. The monoisotopic (exact) mass is 496 g/mol. The SMILES string of the molecule is [B]c1c([B])c(O)c2c(-c3cccc4ccccc34)c3c(O)c(O)c(O)c(O)c3c(-c3ccccc3)c2c1O. The van der Waals surface area contributed by atoms with Crippen molar-refractivity contribution in [1.29, 1.82) is 0 Å². The lowest BCUT2D eigenvalue weighted by atomic mass is 9.74. The average molecular weight is 496 g/mol. The number of phenols is 6. The van der Waals surface area contributed by atoms with Crippen LogP contribution in [0.2, 0.25) is 0 Å². The first-order chi connectivity index (χ1) is 18.2. The lowest BCUT2D eigenvalue weighted by Gasteiger charge is -2.24. The molecule has 0 heterocycles. The molecule has 0 aliphatic rings. The van der Waals surface area contributed by atoms with Crippen LogP contribution in [-0.2, 0) is 0 Å². The van der Waals surface area contributed by atoms with Crippen LogP contribution < -0.4 is 10.9 Å². The van der Waals surface area contributed by atoms with Crippen molar-refractivity contribution in [2.45, 2.75) is 0 Å². The maximum atomic E-state index is 11.4. The van der Waals surface area contributed by atoms with Crippen LogP contribution in [0.5, 0.6) is 34.5 Å². The van der Waals surface area contributed by atoms with Gasteiger partial charge in [0.15, 0.2) is 11.5 Å². The van der Waals surface area contributed by atoms with Crippen LogP contribution in [0.4, 0.5) is 0 Å². The molecule has 0 amide bonds. The second-order valence-electron chi connectivity index (χ2n) is 9.06. The Morgan fingerprint density at radius 3 is 1.53 bits per heavy atom. The summed E-state index contributed by atoms with van der Waals surface area (Å²) in [6, 6.07) is 21.4. The van der Waals surface area contributed by atoms with E-state index in [0.29, 0.717) is 16.5 Å². The predicted octanol–water partition coefficient (Wildman–Crippen LogP) is 4.30. The van der Waals surface area contributed by atoms with Crippen molar-refractivity contribution in [3.05, 3.63) is 72.8 Å². The van der Waals surface area contributed by atoms with Crippen LogP contribution in [0.1, 0.15) is 0 Å². The molecule has 0 bridgehead atoms. The Balaban J connectivity index is 2.05. The number of aromatic hydroxyl groups is 6. The zero-order valence-corrected chi connectivity index (χ0v) is 19.8. The third-order valence-corrected chi connectivity index (χ3v) is 7.04. The first kappa shape index (κ1) is 23.4. The van der Waals surface area contributed by atoms with Crippen molar-refractivity contribution in [2.24, 2.45) is 0 Å². The third kappa shape index (κ3) is 3.03. The quantitative estimate of drug-likeness (QED) is 0.0921. The predicted molar refractivity (Wildman–Crippen MR) is 151 cm³/mol. The zero-order chi connectivity index (χ0) is 26.9. The molecule has 4 radical (unpaired) electrons. The highest BCUT2D eigenvalue weighted by atomic mass is 16.3. The Morgan fingerprint density at radius 1 is 0.421 bits per heavy atom. The molecule has 6 nitrogen and oxygen atoms in total. The first-order valence-corrected chi connectivity index (χ1v) is 11.7. The van der Waals surface area contributed by atoms with Crippen molar-refractivity contribution in [1.82, 2.24) is 0 Å². The number of fused-ring (bicyclic) bond motifs is 3. The molecule has 0 unspecified atom stereocenters. The van der Waals surface area contributed by atoms with Crippen molar-refractivity contribution in [3.8, 4) is 56.8 Å². The standard InChI is InChI=1S/C30H18B2O6/c31-23-24(32)26(34)21-18(16-12-6-10-13-7-4-5-11-15(13)16)22-20(27(35)29(37)30(38)28(22)36)17(19(21)25(23)33)14-8-2-1-3-9-14/h1-12,33-38H. The highest BCUT2D eigenvalue weighted by molar-refractivity contribution is 6.53. The Hall–Kier alpha value is -4.97. The Kier molecular flexibility index (Phi) is 5.11. The lowest BCUT2D eigenvalue weighted by Crippen LogP contribution is -2.26. The molecular formula is C30H18B2O6. The molecule has 0 aliphatic heterocycles. The fourth-order valence-electron chi connectivity index (χ4n) is 5.29. The second kappa shape index (κ2) is 8.28. The molecule has 38 heavy (non-hydrogen) atoms. The molecule has 6 N–H and O–H groups in total. The summed E-state index contributed by atoms with van der Waals surface area (Å²) in [7, 11) is 12.2. The largest absolute Gasteiger partial charge is 0.508 e. The number of benzene rings is 6. The fraction of sp³-hybridized carbons (Fsp3) is 0. The van der Waals surface area contributed by atoms with Crippen LogP contribution in [0.3, 0.4) is 0 Å². The summed E-state index contributed by atoms with van der Waals surface area (Å²) < 4.78 is 0. The maximum Gasteiger partial charge on any atom is 0.204 e. The molecular weight excluding hydrogens is 478 g/mol. The van der Waals surface area contributed by atoms with Crippen LogP contribution in [-0.4, -0.2) is 46.3 Å². The number of hydrogen-bond acceptors (Lipinski definition) is 6. The molecule has 0 atom stereocenters. The van der Waals surface area contributed by atoms with Crippen molar-refractivity contribution < 1.29 is 30.6 Å². The minimum absolute atomic E-state index is 0.0376. The lowest BCUT2D eigenvalue weighted by molar-refractivity contribution is 0.351. The third-order valence-electron chi connectivity index (χ3n) is 7.04. The summed E-state index contributed by atoms with van der Waals surface area (Å²) in [6.45, 7) is 0. The van der Waals surface area contributed by atoms with E-state index in [-0.39, 0.29) is 43.6 Å². The molecule has 0 spiro atoms. The van der Waals surface area contributed by atoms with Crippen molar-refractivity contribution >= 4 is 58.9 Å². The summed E-state index contributed by atoms with van der Waals surface area (Å²) in [6.07, 6.45) is 0. The van der Waals surface area contributed by atoms with E-state index in [2.05, 4.69) is 0 Å². The minimum atomic E-state index is -0.943. The number of rotatable bonds is 2. The molecule has 0 saturated heterocycles. The van der Waals surface area contributed by atoms with Gasteiger partial charge in [-0.05, 0) is 21.9 Å². The smallest absolute Gasteiger partial charge is 0.204 e. The van der Waals surface area contributed by atoms with E-state index in [1.54, 1.807) is 42.5 Å². The molecule has 0 aromatic heterocycles. The summed E-state index contributed by atoms with van der Waals surface area (Å²) in [5.41, 5.74) is 0.724. The van der Waals surface area contributed by atoms with Gasteiger partial charge in [-0.25, -0.2) is 0 Å². The molecule has 6 rings (SSSR count). The van der Waals surface area contributed by atoms with E-state index >= 15 is 0 Å². The van der Waals surface area contributed by atoms with Crippen LogP contribution in [0.25, 0.3) is 54.6 Å². The van der Waals surface area contributed by atoms with Gasteiger partial charge in [0.05, 0.1) is 0 Å². The van der Waals surface area contributed by atoms with Crippen LogP contribution in [0.15, 0.2) is 72.8 Å².